The molecule has 1 aromatic carbocycles. The van der Waals surface area contributed by atoms with Gasteiger partial charge in [-0.1, -0.05) is 11.6 Å². The van der Waals surface area contributed by atoms with Crippen LogP contribution < -0.4 is 4.90 Å². The zero-order valence-electron chi connectivity index (χ0n) is 9.10. The molecule has 0 atom stereocenters. The molecular weight excluding hydrogens is 224 g/mol. The Morgan fingerprint density at radius 3 is 2.50 bits per heavy atom. The van der Waals surface area contributed by atoms with Gasteiger partial charge in [-0.2, -0.15) is 0 Å². The number of carbonyl (C=O) groups is 1. The second-order valence-corrected chi connectivity index (χ2v) is 4.44. The van der Waals surface area contributed by atoms with Crippen LogP contribution in [0.25, 0.3) is 0 Å². The van der Waals surface area contributed by atoms with Gasteiger partial charge in [0.2, 0.25) is 6.41 Å². The third-order valence-electron chi connectivity index (χ3n) is 2.82. The third kappa shape index (κ3) is 2.67. The molecule has 0 spiro atoms. The van der Waals surface area contributed by atoms with E-state index >= 15 is 0 Å². The van der Waals surface area contributed by atoms with Crippen molar-refractivity contribution in [2.24, 2.45) is 0 Å². The van der Waals surface area contributed by atoms with Gasteiger partial charge in [0.15, 0.2) is 0 Å². The first-order valence-corrected chi connectivity index (χ1v) is 5.87. The molecule has 4 heteroatoms. The third-order valence-corrected chi connectivity index (χ3v) is 3.07. The van der Waals surface area contributed by atoms with Gasteiger partial charge in [-0.3, -0.25) is 4.79 Å². The Hall–Kier alpha value is -1.22. The maximum absolute atomic E-state index is 10.8. The van der Waals surface area contributed by atoms with Gasteiger partial charge in [-0.05, 0) is 37.1 Å². The average molecular weight is 239 g/mol. The molecule has 1 fully saturated rings. The van der Waals surface area contributed by atoms with Crippen LogP contribution in [0, 0.1) is 0 Å². The van der Waals surface area contributed by atoms with Crippen molar-refractivity contribution in [3.05, 3.63) is 29.3 Å². The molecule has 0 unspecified atom stereocenters. The molecule has 1 amide bonds. The van der Waals surface area contributed by atoms with Gasteiger partial charge in [0, 0.05) is 23.8 Å². The van der Waals surface area contributed by atoms with Crippen molar-refractivity contribution < 1.29 is 4.79 Å². The van der Waals surface area contributed by atoms with Crippen molar-refractivity contribution in [3.63, 3.8) is 0 Å². The van der Waals surface area contributed by atoms with Gasteiger partial charge in [0.25, 0.3) is 0 Å². The quantitative estimate of drug-likeness (QED) is 0.739. The van der Waals surface area contributed by atoms with Crippen LogP contribution in [0.3, 0.4) is 0 Å². The van der Waals surface area contributed by atoms with Gasteiger partial charge in [0.1, 0.15) is 0 Å². The van der Waals surface area contributed by atoms with E-state index in [2.05, 4.69) is 4.90 Å². The van der Waals surface area contributed by atoms with Crippen LogP contribution in [0.4, 0.5) is 5.69 Å². The van der Waals surface area contributed by atoms with E-state index in [0.717, 1.165) is 43.1 Å². The largest absolute Gasteiger partial charge is 0.354 e. The van der Waals surface area contributed by atoms with Gasteiger partial charge >= 0.3 is 0 Å². The maximum Gasteiger partial charge on any atom is 0.211 e. The maximum atomic E-state index is 10.8. The van der Waals surface area contributed by atoms with E-state index < -0.39 is 0 Å². The van der Waals surface area contributed by atoms with E-state index in [4.69, 9.17) is 11.6 Å². The highest BCUT2D eigenvalue weighted by Crippen LogP contribution is 2.20. The van der Waals surface area contributed by atoms with Crippen LogP contribution in [0.5, 0.6) is 0 Å². The Morgan fingerprint density at radius 1 is 1.12 bits per heavy atom. The van der Waals surface area contributed by atoms with E-state index in [-0.39, 0.29) is 0 Å². The standard InChI is InChI=1S/C12H15ClN2O/c13-11-3-5-12(6-4-11)15-8-2-1-7-14(9-15)10-16/h3-6,10H,1-2,7-9H2. The summed E-state index contributed by atoms with van der Waals surface area (Å²) < 4.78 is 0. The minimum atomic E-state index is 0.672. The topological polar surface area (TPSA) is 23.6 Å². The summed E-state index contributed by atoms with van der Waals surface area (Å²) in [6.07, 6.45) is 3.12. The molecular formula is C12H15ClN2O. The lowest BCUT2D eigenvalue weighted by molar-refractivity contribution is -0.118. The summed E-state index contributed by atoms with van der Waals surface area (Å²) in [5.41, 5.74) is 1.12. The second-order valence-electron chi connectivity index (χ2n) is 4.01. The van der Waals surface area contributed by atoms with Gasteiger partial charge in [-0.25, -0.2) is 0 Å². The lowest BCUT2D eigenvalue weighted by atomic mass is 10.2. The smallest absolute Gasteiger partial charge is 0.211 e. The van der Waals surface area contributed by atoms with E-state index in [1.165, 1.54) is 0 Å². The molecule has 1 aliphatic heterocycles. The van der Waals surface area contributed by atoms with Gasteiger partial charge < -0.3 is 9.80 Å². The predicted molar refractivity (Wildman–Crippen MR) is 65.7 cm³/mol. The summed E-state index contributed by atoms with van der Waals surface area (Å²) in [5.74, 6) is 0. The molecule has 0 saturated carbocycles. The zero-order chi connectivity index (χ0) is 11.4. The highest BCUT2D eigenvalue weighted by molar-refractivity contribution is 6.30. The summed E-state index contributed by atoms with van der Waals surface area (Å²) in [5, 5.41) is 0.741. The fraction of sp³-hybridized carbons (Fsp3) is 0.417. The Morgan fingerprint density at radius 2 is 1.81 bits per heavy atom. The van der Waals surface area contributed by atoms with Crippen LogP contribution >= 0.6 is 11.6 Å². The lowest BCUT2D eigenvalue weighted by Crippen LogP contribution is -2.35. The molecule has 0 N–H and O–H groups in total. The number of hydrogen-bond donors (Lipinski definition) is 0. The molecule has 1 aromatic rings. The number of hydrogen-bond acceptors (Lipinski definition) is 2. The average Bonchev–Trinajstić information content (AvgIpc) is 2.55. The summed E-state index contributed by atoms with van der Waals surface area (Å²) >= 11 is 5.85. The van der Waals surface area contributed by atoms with Crippen molar-refractivity contribution in [2.75, 3.05) is 24.7 Å². The van der Waals surface area contributed by atoms with Crippen molar-refractivity contribution >= 4 is 23.7 Å². The lowest BCUT2D eigenvalue weighted by Gasteiger charge is -2.26. The predicted octanol–water partition coefficient (Wildman–Crippen LogP) is 2.36. The van der Waals surface area contributed by atoms with E-state index in [0.29, 0.717) is 6.67 Å². The van der Waals surface area contributed by atoms with Crippen molar-refractivity contribution in [3.8, 4) is 0 Å². The Labute approximate surface area is 101 Å². The minimum Gasteiger partial charge on any atom is -0.354 e. The Balaban J connectivity index is 2.12. The first-order chi connectivity index (χ1) is 7.79. The molecule has 0 aliphatic carbocycles. The number of carbonyl (C=O) groups excluding carboxylic acids is 1. The van der Waals surface area contributed by atoms with Crippen molar-refractivity contribution in [1.29, 1.82) is 0 Å². The number of nitrogens with zero attached hydrogens (tertiary/aromatic N) is 2. The van der Waals surface area contributed by atoms with Gasteiger partial charge in [-0.15, -0.1) is 0 Å². The highest BCUT2D eigenvalue weighted by atomic mass is 35.5. The van der Waals surface area contributed by atoms with Crippen molar-refractivity contribution in [1.82, 2.24) is 4.90 Å². The molecule has 1 saturated heterocycles. The van der Waals surface area contributed by atoms with Crippen LogP contribution in [0.15, 0.2) is 24.3 Å². The van der Waals surface area contributed by atoms with E-state index in [1.54, 1.807) is 0 Å². The number of benzene rings is 1. The van der Waals surface area contributed by atoms with E-state index in [1.807, 2.05) is 29.2 Å². The first kappa shape index (κ1) is 11.3. The normalized spacial score (nSPS) is 17.1. The Bertz CT molecular complexity index is 353. The van der Waals surface area contributed by atoms with Crippen LogP contribution in [0.2, 0.25) is 5.02 Å². The fourth-order valence-electron chi connectivity index (χ4n) is 1.93. The molecule has 0 radical (unpaired) electrons. The molecule has 0 aromatic heterocycles. The Kier molecular flexibility index (Phi) is 3.67. The van der Waals surface area contributed by atoms with Gasteiger partial charge in [0.05, 0.1) is 6.67 Å². The molecule has 3 nitrogen and oxygen atoms in total. The second kappa shape index (κ2) is 5.21. The SMILES string of the molecule is O=CN1CCCCN(c2ccc(Cl)cc2)C1. The number of amides is 1. The number of halogens is 1. The fourth-order valence-corrected chi connectivity index (χ4v) is 2.05. The first-order valence-electron chi connectivity index (χ1n) is 5.49. The van der Waals surface area contributed by atoms with Crippen LogP contribution in [-0.4, -0.2) is 31.1 Å². The molecule has 1 aliphatic rings. The molecule has 2 rings (SSSR count). The molecule has 1 heterocycles. The van der Waals surface area contributed by atoms with Crippen LogP contribution in [0.1, 0.15) is 12.8 Å². The molecule has 0 bridgehead atoms. The summed E-state index contributed by atoms with van der Waals surface area (Å²) in [6, 6.07) is 7.76. The number of anilines is 1. The molecule has 86 valence electrons. The zero-order valence-corrected chi connectivity index (χ0v) is 9.86. The van der Waals surface area contributed by atoms with Crippen LogP contribution in [-0.2, 0) is 4.79 Å². The van der Waals surface area contributed by atoms with E-state index in [9.17, 15) is 4.79 Å². The highest BCUT2D eigenvalue weighted by Gasteiger charge is 2.14. The summed E-state index contributed by atoms with van der Waals surface area (Å²) in [7, 11) is 0. The summed E-state index contributed by atoms with van der Waals surface area (Å²) in [4.78, 5) is 14.8. The summed E-state index contributed by atoms with van der Waals surface area (Å²) in [6.45, 7) is 2.52. The minimum absolute atomic E-state index is 0.672. The monoisotopic (exact) mass is 238 g/mol. The number of rotatable bonds is 2. The molecule has 16 heavy (non-hydrogen) atoms. The van der Waals surface area contributed by atoms with Crippen molar-refractivity contribution in [2.45, 2.75) is 12.8 Å².